The molecule has 0 unspecified atom stereocenters. The first kappa shape index (κ1) is 17.1. The minimum atomic E-state index is -5.73. The van der Waals surface area contributed by atoms with Gasteiger partial charge in [-0.05, 0) is 5.56 Å². The smallest absolute Gasteiger partial charge is 0.444 e. The zero-order valence-corrected chi connectivity index (χ0v) is 12.4. The topological polar surface area (TPSA) is 72.9 Å². The molecule has 0 aliphatic carbocycles. The van der Waals surface area contributed by atoms with Crippen LogP contribution < -0.4 is 0 Å². The van der Waals surface area contributed by atoms with Gasteiger partial charge in [0.2, 0.25) is 0 Å². The van der Waals surface area contributed by atoms with Gasteiger partial charge in [0, 0.05) is 19.2 Å². The molecule has 0 fully saturated rings. The Morgan fingerprint density at radius 2 is 1.87 bits per heavy atom. The van der Waals surface area contributed by atoms with Gasteiger partial charge >= 0.3 is 21.7 Å². The lowest BCUT2D eigenvalue weighted by molar-refractivity contribution is -0.0522. The predicted octanol–water partition coefficient (Wildman–Crippen LogP) is 2.74. The number of amides is 1. The number of alkyl halides is 3. The predicted molar refractivity (Wildman–Crippen MR) is 72.1 cm³/mol. The molecule has 1 heterocycles. The van der Waals surface area contributed by atoms with Crippen molar-refractivity contribution in [2.45, 2.75) is 18.5 Å². The lowest BCUT2D eigenvalue weighted by Gasteiger charge is -2.12. The highest BCUT2D eigenvalue weighted by Crippen LogP contribution is 2.29. The average Bonchev–Trinajstić information content (AvgIpc) is 2.92. The van der Waals surface area contributed by atoms with Gasteiger partial charge in [0.1, 0.15) is 12.4 Å². The summed E-state index contributed by atoms with van der Waals surface area (Å²) in [4.78, 5) is 12.7. The molecule has 1 aliphatic heterocycles. The molecule has 1 amide bonds. The first-order chi connectivity index (χ1) is 10.7. The van der Waals surface area contributed by atoms with Crippen LogP contribution >= 0.6 is 0 Å². The van der Waals surface area contributed by atoms with Gasteiger partial charge in [-0.1, -0.05) is 30.3 Å². The third-order valence-corrected chi connectivity index (χ3v) is 3.84. The second-order valence-electron chi connectivity index (χ2n) is 4.56. The maximum absolute atomic E-state index is 12.2. The van der Waals surface area contributed by atoms with Crippen molar-refractivity contribution in [3.63, 3.8) is 0 Å². The molecule has 2 rings (SSSR count). The SMILES string of the molecule is O=C(OCc1ccccc1)N1C=C(OS(=O)(=O)C(F)(F)F)CC1. The third-order valence-electron chi connectivity index (χ3n) is 2.84. The summed E-state index contributed by atoms with van der Waals surface area (Å²) in [5, 5.41) is 0. The Balaban J connectivity index is 1.93. The van der Waals surface area contributed by atoms with Crippen LogP contribution in [0.4, 0.5) is 18.0 Å². The van der Waals surface area contributed by atoms with E-state index in [0.29, 0.717) is 0 Å². The van der Waals surface area contributed by atoms with Gasteiger partial charge in [0.15, 0.2) is 0 Å². The number of halogens is 3. The molecule has 1 aromatic rings. The minimum Gasteiger partial charge on any atom is -0.444 e. The Morgan fingerprint density at radius 1 is 1.22 bits per heavy atom. The molecule has 6 nitrogen and oxygen atoms in total. The average molecular weight is 351 g/mol. The van der Waals surface area contributed by atoms with Crippen LogP contribution in [0.3, 0.4) is 0 Å². The van der Waals surface area contributed by atoms with E-state index >= 15 is 0 Å². The lowest BCUT2D eigenvalue weighted by Crippen LogP contribution is -2.25. The fourth-order valence-electron chi connectivity index (χ4n) is 1.73. The highest BCUT2D eigenvalue weighted by molar-refractivity contribution is 7.87. The van der Waals surface area contributed by atoms with E-state index < -0.39 is 27.5 Å². The van der Waals surface area contributed by atoms with E-state index in [4.69, 9.17) is 4.74 Å². The van der Waals surface area contributed by atoms with Crippen molar-refractivity contribution >= 4 is 16.2 Å². The number of carbonyl (C=O) groups excluding carboxylic acids is 1. The third kappa shape index (κ3) is 4.38. The lowest BCUT2D eigenvalue weighted by atomic mass is 10.2. The Labute approximate surface area is 130 Å². The number of hydrogen-bond donors (Lipinski definition) is 0. The largest absolute Gasteiger partial charge is 0.534 e. The fraction of sp³-hybridized carbons (Fsp3) is 0.308. The van der Waals surface area contributed by atoms with Crippen LogP contribution in [0.1, 0.15) is 12.0 Å². The highest BCUT2D eigenvalue weighted by Gasteiger charge is 2.49. The molecule has 0 saturated heterocycles. The van der Waals surface area contributed by atoms with Crippen LogP contribution in [-0.2, 0) is 25.6 Å². The van der Waals surface area contributed by atoms with Crippen LogP contribution in [0.2, 0.25) is 0 Å². The van der Waals surface area contributed by atoms with Crippen molar-refractivity contribution in [1.29, 1.82) is 0 Å². The molecule has 0 N–H and O–H groups in total. The molecule has 0 spiro atoms. The zero-order valence-electron chi connectivity index (χ0n) is 11.6. The van der Waals surface area contributed by atoms with Crippen molar-refractivity contribution in [3.8, 4) is 0 Å². The summed E-state index contributed by atoms with van der Waals surface area (Å²) in [7, 11) is -5.73. The first-order valence-electron chi connectivity index (χ1n) is 6.38. The molecule has 1 aromatic carbocycles. The van der Waals surface area contributed by atoms with Gasteiger partial charge in [0.05, 0.1) is 0 Å². The van der Waals surface area contributed by atoms with E-state index in [1.807, 2.05) is 0 Å². The van der Waals surface area contributed by atoms with Crippen molar-refractivity contribution in [1.82, 2.24) is 4.90 Å². The quantitative estimate of drug-likeness (QED) is 0.616. The molecular weight excluding hydrogens is 339 g/mol. The molecule has 0 bridgehead atoms. The van der Waals surface area contributed by atoms with Crippen LogP contribution in [0, 0.1) is 0 Å². The number of rotatable bonds is 4. The number of carbonyl (C=O) groups is 1. The van der Waals surface area contributed by atoms with E-state index in [-0.39, 0.29) is 19.6 Å². The summed E-state index contributed by atoms with van der Waals surface area (Å²) >= 11 is 0. The van der Waals surface area contributed by atoms with Gasteiger partial charge < -0.3 is 8.92 Å². The summed E-state index contributed by atoms with van der Waals surface area (Å²) in [6.07, 6.45) is -0.0799. The summed E-state index contributed by atoms with van der Waals surface area (Å²) < 4.78 is 67.3. The van der Waals surface area contributed by atoms with Gasteiger partial charge in [-0.25, -0.2) is 4.79 Å². The van der Waals surface area contributed by atoms with Crippen molar-refractivity contribution in [2.75, 3.05) is 6.54 Å². The Bertz CT molecular complexity index is 700. The molecule has 23 heavy (non-hydrogen) atoms. The van der Waals surface area contributed by atoms with Gasteiger partial charge in [-0.15, -0.1) is 0 Å². The Kier molecular flexibility index (Phi) is 4.83. The molecule has 0 atom stereocenters. The number of hydrogen-bond acceptors (Lipinski definition) is 5. The second-order valence-corrected chi connectivity index (χ2v) is 6.10. The molecular formula is C13H12F3NO5S. The molecule has 0 aromatic heterocycles. The first-order valence-corrected chi connectivity index (χ1v) is 7.78. The second kappa shape index (κ2) is 6.49. The van der Waals surface area contributed by atoms with Crippen molar-refractivity contribution in [3.05, 3.63) is 47.9 Å². The van der Waals surface area contributed by atoms with Crippen molar-refractivity contribution < 1.29 is 35.3 Å². The van der Waals surface area contributed by atoms with Gasteiger partial charge in [-0.2, -0.15) is 21.6 Å². The van der Waals surface area contributed by atoms with E-state index in [0.717, 1.165) is 16.7 Å². The molecule has 1 aliphatic rings. The molecule has 0 saturated carbocycles. The number of ether oxygens (including phenoxy) is 1. The fourth-order valence-corrected chi connectivity index (χ4v) is 2.23. The molecule has 10 heteroatoms. The Hall–Kier alpha value is -2.23. The van der Waals surface area contributed by atoms with Gasteiger partial charge in [-0.3, -0.25) is 4.90 Å². The molecule has 126 valence electrons. The van der Waals surface area contributed by atoms with Crippen LogP contribution in [0.25, 0.3) is 0 Å². The van der Waals surface area contributed by atoms with Crippen LogP contribution in [-0.4, -0.2) is 31.5 Å². The molecule has 0 radical (unpaired) electrons. The number of benzene rings is 1. The normalized spacial score (nSPS) is 15.3. The van der Waals surface area contributed by atoms with E-state index in [2.05, 4.69) is 4.18 Å². The summed E-state index contributed by atoms with van der Waals surface area (Å²) in [6, 6.07) is 8.77. The van der Waals surface area contributed by atoms with E-state index in [1.165, 1.54) is 0 Å². The van der Waals surface area contributed by atoms with E-state index in [1.54, 1.807) is 30.3 Å². The van der Waals surface area contributed by atoms with Crippen LogP contribution in [0.15, 0.2) is 42.3 Å². The minimum absolute atomic E-state index is 0.0128. The maximum atomic E-state index is 12.2. The standard InChI is InChI=1S/C13H12F3NO5S/c14-13(15,16)23(19,20)22-11-6-7-17(8-11)12(18)21-9-10-4-2-1-3-5-10/h1-5,8H,6-7,9H2. The van der Waals surface area contributed by atoms with E-state index in [9.17, 15) is 26.4 Å². The summed E-state index contributed by atoms with van der Waals surface area (Å²) in [6.45, 7) is -0.0443. The Morgan fingerprint density at radius 3 is 2.48 bits per heavy atom. The van der Waals surface area contributed by atoms with Gasteiger partial charge in [0.25, 0.3) is 0 Å². The monoisotopic (exact) mass is 351 g/mol. The van der Waals surface area contributed by atoms with Crippen LogP contribution in [0.5, 0.6) is 0 Å². The zero-order chi connectivity index (χ0) is 17.1. The van der Waals surface area contributed by atoms with Crippen molar-refractivity contribution in [2.24, 2.45) is 0 Å². The highest BCUT2D eigenvalue weighted by atomic mass is 32.2. The maximum Gasteiger partial charge on any atom is 0.534 e. The number of nitrogens with zero attached hydrogens (tertiary/aromatic N) is 1. The summed E-state index contributed by atoms with van der Waals surface area (Å²) in [5.41, 5.74) is -4.78. The summed E-state index contributed by atoms with van der Waals surface area (Å²) in [5.74, 6) is -0.473.